The highest BCUT2D eigenvalue weighted by Crippen LogP contribution is 2.31. The van der Waals surface area contributed by atoms with E-state index in [1.807, 2.05) is 32.0 Å². The van der Waals surface area contributed by atoms with Crippen LogP contribution in [0.3, 0.4) is 0 Å². The standard InChI is InChI=1S/C15H13ClO2/c1-10-6-13(16)7-11(2)15(10)18-14-5-3-4-12(8-14)9-17/h3-9H,1-2H3. The fourth-order valence-corrected chi connectivity index (χ4v) is 2.15. The van der Waals surface area contributed by atoms with Gasteiger partial charge in [-0.2, -0.15) is 0 Å². The summed E-state index contributed by atoms with van der Waals surface area (Å²) in [5, 5.41) is 0.694. The van der Waals surface area contributed by atoms with Crippen molar-refractivity contribution in [2.75, 3.05) is 0 Å². The van der Waals surface area contributed by atoms with E-state index in [2.05, 4.69) is 0 Å². The van der Waals surface area contributed by atoms with E-state index in [0.717, 1.165) is 23.2 Å². The Kier molecular flexibility index (Phi) is 3.68. The van der Waals surface area contributed by atoms with Crippen molar-refractivity contribution in [3.63, 3.8) is 0 Å². The van der Waals surface area contributed by atoms with Crippen molar-refractivity contribution in [1.82, 2.24) is 0 Å². The molecule has 0 aromatic heterocycles. The topological polar surface area (TPSA) is 26.3 Å². The fourth-order valence-electron chi connectivity index (χ4n) is 1.83. The lowest BCUT2D eigenvalue weighted by molar-refractivity contribution is 0.112. The third-order valence-corrected chi connectivity index (χ3v) is 2.86. The largest absolute Gasteiger partial charge is 0.457 e. The van der Waals surface area contributed by atoms with E-state index in [1.165, 1.54) is 0 Å². The third-order valence-electron chi connectivity index (χ3n) is 2.64. The maximum Gasteiger partial charge on any atom is 0.150 e. The van der Waals surface area contributed by atoms with E-state index in [1.54, 1.807) is 18.2 Å². The molecule has 0 unspecified atom stereocenters. The molecule has 0 aliphatic carbocycles. The number of hydrogen-bond acceptors (Lipinski definition) is 2. The van der Waals surface area contributed by atoms with Gasteiger partial charge in [0.1, 0.15) is 17.8 Å². The molecule has 92 valence electrons. The molecule has 0 saturated heterocycles. The first-order valence-electron chi connectivity index (χ1n) is 5.60. The molecule has 0 bridgehead atoms. The first-order chi connectivity index (χ1) is 8.60. The van der Waals surface area contributed by atoms with Gasteiger partial charge in [0.2, 0.25) is 0 Å². The van der Waals surface area contributed by atoms with Gasteiger partial charge in [-0.3, -0.25) is 4.79 Å². The lowest BCUT2D eigenvalue weighted by Crippen LogP contribution is -1.92. The van der Waals surface area contributed by atoms with Crippen LogP contribution in [0, 0.1) is 13.8 Å². The highest BCUT2D eigenvalue weighted by molar-refractivity contribution is 6.30. The van der Waals surface area contributed by atoms with Crippen molar-refractivity contribution < 1.29 is 9.53 Å². The van der Waals surface area contributed by atoms with Crippen molar-refractivity contribution in [1.29, 1.82) is 0 Å². The Hall–Kier alpha value is -1.80. The van der Waals surface area contributed by atoms with E-state index >= 15 is 0 Å². The molecule has 2 aromatic rings. The van der Waals surface area contributed by atoms with Gasteiger partial charge >= 0.3 is 0 Å². The number of ether oxygens (including phenoxy) is 1. The van der Waals surface area contributed by atoms with Crippen LogP contribution in [0.25, 0.3) is 0 Å². The molecule has 0 spiro atoms. The molecule has 0 atom stereocenters. The zero-order chi connectivity index (χ0) is 13.1. The van der Waals surface area contributed by atoms with Crippen LogP contribution >= 0.6 is 11.6 Å². The maximum atomic E-state index is 10.7. The average Bonchev–Trinajstić information content (AvgIpc) is 2.34. The highest BCUT2D eigenvalue weighted by Gasteiger charge is 2.07. The van der Waals surface area contributed by atoms with E-state index in [-0.39, 0.29) is 0 Å². The summed E-state index contributed by atoms with van der Waals surface area (Å²) in [7, 11) is 0. The van der Waals surface area contributed by atoms with Gasteiger partial charge in [0.25, 0.3) is 0 Å². The summed E-state index contributed by atoms with van der Waals surface area (Å²) in [5.41, 5.74) is 2.53. The SMILES string of the molecule is Cc1cc(Cl)cc(C)c1Oc1cccc(C=O)c1. The molecular weight excluding hydrogens is 248 g/mol. The smallest absolute Gasteiger partial charge is 0.150 e. The second-order valence-electron chi connectivity index (χ2n) is 4.16. The number of benzene rings is 2. The monoisotopic (exact) mass is 260 g/mol. The average molecular weight is 261 g/mol. The normalized spacial score (nSPS) is 10.2. The van der Waals surface area contributed by atoms with E-state index in [9.17, 15) is 4.79 Å². The summed E-state index contributed by atoms with van der Waals surface area (Å²) >= 11 is 5.97. The summed E-state index contributed by atoms with van der Waals surface area (Å²) < 4.78 is 5.82. The second-order valence-corrected chi connectivity index (χ2v) is 4.60. The van der Waals surface area contributed by atoms with E-state index in [0.29, 0.717) is 16.3 Å². The Labute approximate surface area is 111 Å². The highest BCUT2D eigenvalue weighted by atomic mass is 35.5. The van der Waals surface area contributed by atoms with Crippen molar-refractivity contribution >= 4 is 17.9 Å². The third kappa shape index (κ3) is 2.71. The molecule has 2 aromatic carbocycles. The minimum atomic E-state index is 0.594. The molecule has 0 fully saturated rings. The summed E-state index contributed by atoms with van der Waals surface area (Å²) in [6, 6.07) is 10.8. The van der Waals surface area contributed by atoms with E-state index in [4.69, 9.17) is 16.3 Å². The van der Waals surface area contributed by atoms with Crippen LogP contribution in [0.5, 0.6) is 11.5 Å². The predicted octanol–water partition coefficient (Wildman–Crippen LogP) is 4.56. The number of aryl methyl sites for hydroxylation is 2. The lowest BCUT2D eigenvalue weighted by Gasteiger charge is -2.12. The first kappa shape index (κ1) is 12.7. The Balaban J connectivity index is 2.36. The molecule has 0 aliphatic rings. The van der Waals surface area contributed by atoms with Crippen LogP contribution in [0.2, 0.25) is 5.02 Å². The van der Waals surface area contributed by atoms with Crippen LogP contribution in [0.15, 0.2) is 36.4 Å². The molecule has 3 heteroatoms. The molecule has 0 aliphatic heterocycles. The number of rotatable bonds is 3. The number of carbonyl (C=O) groups is 1. The quantitative estimate of drug-likeness (QED) is 0.756. The predicted molar refractivity (Wildman–Crippen MR) is 72.8 cm³/mol. The minimum Gasteiger partial charge on any atom is -0.457 e. The van der Waals surface area contributed by atoms with Crippen LogP contribution in [0.1, 0.15) is 21.5 Å². The van der Waals surface area contributed by atoms with Crippen molar-refractivity contribution in [3.05, 3.63) is 58.1 Å². The van der Waals surface area contributed by atoms with Crippen molar-refractivity contribution in [2.45, 2.75) is 13.8 Å². The molecule has 0 amide bonds. The lowest BCUT2D eigenvalue weighted by atomic mass is 10.1. The molecule has 0 saturated carbocycles. The summed E-state index contributed by atoms with van der Waals surface area (Å²) in [5.74, 6) is 1.43. The Morgan fingerprint density at radius 2 is 1.78 bits per heavy atom. The Bertz CT molecular complexity index is 568. The van der Waals surface area contributed by atoms with Gasteiger partial charge in [-0.15, -0.1) is 0 Å². The minimum absolute atomic E-state index is 0.594. The van der Waals surface area contributed by atoms with Gasteiger partial charge in [0.05, 0.1) is 0 Å². The molecule has 2 nitrogen and oxygen atoms in total. The van der Waals surface area contributed by atoms with Gasteiger partial charge in [-0.1, -0.05) is 23.7 Å². The molecule has 18 heavy (non-hydrogen) atoms. The van der Waals surface area contributed by atoms with Crippen molar-refractivity contribution in [3.8, 4) is 11.5 Å². The second kappa shape index (κ2) is 5.23. The van der Waals surface area contributed by atoms with Gasteiger partial charge in [0.15, 0.2) is 0 Å². The molecule has 2 rings (SSSR count). The van der Waals surface area contributed by atoms with E-state index < -0.39 is 0 Å². The first-order valence-corrected chi connectivity index (χ1v) is 5.98. The number of aldehydes is 1. The van der Waals surface area contributed by atoms with Gasteiger partial charge in [0, 0.05) is 10.6 Å². The van der Waals surface area contributed by atoms with Gasteiger partial charge < -0.3 is 4.74 Å². The van der Waals surface area contributed by atoms with Gasteiger partial charge in [-0.05, 0) is 49.2 Å². The van der Waals surface area contributed by atoms with Crippen LogP contribution in [-0.4, -0.2) is 6.29 Å². The molecule has 0 N–H and O–H groups in total. The van der Waals surface area contributed by atoms with Gasteiger partial charge in [-0.25, -0.2) is 0 Å². The number of carbonyl (C=O) groups excluding carboxylic acids is 1. The molecular formula is C15H13ClO2. The fraction of sp³-hybridized carbons (Fsp3) is 0.133. The Morgan fingerprint density at radius 3 is 2.39 bits per heavy atom. The molecule has 0 radical (unpaired) electrons. The van der Waals surface area contributed by atoms with Crippen LogP contribution in [0.4, 0.5) is 0 Å². The number of halogens is 1. The summed E-state index contributed by atoms with van der Waals surface area (Å²) in [6.07, 6.45) is 0.800. The van der Waals surface area contributed by atoms with Crippen LogP contribution < -0.4 is 4.74 Å². The molecule has 0 heterocycles. The Morgan fingerprint density at radius 1 is 1.11 bits per heavy atom. The zero-order valence-corrected chi connectivity index (χ0v) is 11.0. The zero-order valence-electron chi connectivity index (χ0n) is 10.2. The summed E-state index contributed by atoms with van der Waals surface area (Å²) in [4.78, 5) is 10.7. The summed E-state index contributed by atoms with van der Waals surface area (Å²) in [6.45, 7) is 3.88. The maximum absolute atomic E-state index is 10.7. The number of hydrogen-bond donors (Lipinski definition) is 0. The van der Waals surface area contributed by atoms with Crippen molar-refractivity contribution in [2.24, 2.45) is 0 Å². The van der Waals surface area contributed by atoms with Crippen LogP contribution in [-0.2, 0) is 0 Å².